The van der Waals surface area contributed by atoms with Gasteiger partial charge in [-0.3, -0.25) is 0 Å². The molecule has 0 radical (unpaired) electrons. The number of hydrogen-bond acceptors (Lipinski definition) is 5. The van der Waals surface area contributed by atoms with E-state index in [0.717, 1.165) is 26.3 Å². The molecule has 0 amide bonds. The van der Waals surface area contributed by atoms with Gasteiger partial charge in [-0.1, -0.05) is 49.1 Å². The van der Waals surface area contributed by atoms with Crippen LogP contribution in [0.3, 0.4) is 0 Å². The third-order valence-electron chi connectivity index (χ3n) is 7.60. The van der Waals surface area contributed by atoms with E-state index in [-0.39, 0.29) is 22.4 Å². The van der Waals surface area contributed by atoms with Crippen LogP contribution in [0.25, 0.3) is 34.1 Å². The first-order valence-corrected chi connectivity index (χ1v) is 17.3. The molecule has 3 nitrogen and oxygen atoms in total. The Hall–Kier alpha value is -3.26. The summed E-state index contributed by atoms with van der Waals surface area (Å²) in [5.74, 6) is -0.173. The van der Waals surface area contributed by atoms with Crippen molar-refractivity contribution in [3.05, 3.63) is 110 Å². The zero-order valence-corrected chi connectivity index (χ0v) is 30.7. The van der Waals surface area contributed by atoms with E-state index in [9.17, 15) is 4.39 Å². The highest BCUT2D eigenvalue weighted by atomic mass is 32.1. The molecule has 0 unspecified atom stereocenters. The Bertz CT molecular complexity index is 1850. The molecule has 0 N–H and O–H groups in total. The van der Waals surface area contributed by atoms with Crippen molar-refractivity contribution in [3.63, 3.8) is 0 Å². The second-order valence-corrected chi connectivity index (χ2v) is 16.6. The number of fused-ring (bicyclic) bond motifs is 3. The topological polar surface area (TPSA) is 11.4 Å². The summed E-state index contributed by atoms with van der Waals surface area (Å²) in [6, 6.07) is 12.5. The number of aryl methyl sites for hydroxylation is 1. The Labute approximate surface area is 282 Å². The van der Waals surface area contributed by atoms with Crippen LogP contribution in [-0.2, 0) is 5.54 Å². The summed E-state index contributed by atoms with van der Waals surface area (Å²) in [6.07, 6.45) is 7.91. The SMILES string of the molecule is C=C1c2sccc2C(F)=CN1C(C)(C)C.C=C1c2sccc2C=CN1C(C)(C)C.Cc1ccc2c(=S)n(C(C)(C)C)ccc2c1. The minimum atomic E-state index is -0.173. The molecule has 0 saturated heterocycles. The maximum Gasteiger partial charge on any atom is 0.148 e. The van der Waals surface area contributed by atoms with E-state index in [4.69, 9.17) is 12.2 Å². The minimum Gasteiger partial charge on any atom is -0.342 e. The van der Waals surface area contributed by atoms with Crippen LogP contribution >= 0.6 is 34.9 Å². The van der Waals surface area contributed by atoms with Crippen LogP contribution in [0.4, 0.5) is 4.39 Å². The summed E-state index contributed by atoms with van der Waals surface area (Å²) >= 11 is 8.84. The third-order valence-corrected chi connectivity index (χ3v) is 9.96. The predicted octanol–water partition coefficient (Wildman–Crippen LogP) is 12.3. The van der Waals surface area contributed by atoms with E-state index < -0.39 is 0 Å². The number of nitrogens with zero attached hydrogens (tertiary/aromatic N) is 3. The van der Waals surface area contributed by atoms with Crippen LogP contribution in [0.5, 0.6) is 0 Å². The Morgan fingerprint density at radius 1 is 0.756 bits per heavy atom. The average Bonchev–Trinajstić information content (AvgIpc) is 3.61. The predicted molar refractivity (Wildman–Crippen MR) is 201 cm³/mol. The lowest BCUT2D eigenvalue weighted by molar-refractivity contribution is 0.294. The molecule has 0 spiro atoms. The maximum absolute atomic E-state index is 13.7. The van der Waals surface area contributed by atoms with Gasteiger partial charge in [-0.15, -0.1) is 22.7 Å². The fourth-order valence-corrected chi connectivity index (χ4v) is 7.50. The molecular formula is C38H46FN3S3. The number of thiophene rings is 2. The van der Waals surface area contributed by atoms with Crippen molar-refractivity contribution in [2.24, 2.45) is 0 Å². The molecule has 2 aliphatic heterocycles. The number of halogens is 1. The van der Waals surface area contributed by atoms with E-state index >= 15 is 0 Å². The summed E-state index contributed by atoms with van der Waals surface area (Å²) in [4.78, 5) is 6.35. The summed E-state index contributed by atoms with van der Waals surface area (Å²) in [6.45, 7) is 29.5. The zero-order valence-electron chi connectivity index (χ0n) is 28.3. The number of pyridine rings is 1. The van der Waals surface area contributed by atoms with E-state index in [1.165, 1.54) is 38.9 Å². The van der Waals surface area contributed by atoms with Crippen molar-refractivity contribution < 1.29 is 4.39 Å². The number of aromatic nitrogens is 1. The largest absolute Gasteiger partial charge is 0.342 e. The fourth-order valence-electron chi connectivity index (χ4n) is 5.25. The van der Waals surface area contributed by atoms with Crippen molar-refractivity contribution in [2.45, 2.75) is 85.9 Å². The quantitative estimate of drug-likeness (QED) is 0.174. The molecule has 4 aromatic rings. The first-order chi connectivity index (χ1) is 20.8. The van der Waals surface area contributed by atoms with Gasteiger partial charge >= 0.3 is 0 Å². The lowest BCUT2D eigenvalue weighted by Gasteiger charge is -2.38. The second kappa shape index (κ2) is 12.9. The fraction of sp³-hybridized carbons (Fsp3) is 0.342. The van der Waals surface area contributed by atoms with Gasteiger partial charge < -0.3 is 14.4 Å². The Morgan fingerprint density at radius 2 is 1.36 bits per heavy atom. The van der Waals surface area contributed by atoms with Crippen LogP contribution in [0.15, 0.2) is 78.9 Å². The van der Waals surface area contributed by atoms with Gasteiger partial charge in [0.1, 0.15) is 10.5 Å². The molecule has 6 rings (SSSR count). The molecule has 45 heavy (non-hydrogen) atoms. The monoisotopic (exact) mass is 659 g/mol. The molecular weight excluding hydrogens is 614 g/mol. The summed E-state index contributed by atoms with van der Waals surface area (Å²) in [7, 11) is 0. The van der Waals surface area contributed by atoms with Gasteiger partial charge in [0, 0.05) is 46.2 Å². The van der Waals surface area contributed by atoms with Gasteiger partial charge in [0.15, 0.2) is 0 Å². The minimum absolute atomic E-state index is 0.0379. The highest BCUT2D eigenvalue weighted by molar-refractivity contribution is 7.71. The molecule has 0 saturated carbocycles. The standard InChI is InChI=1S/C14H17NS.C12H14FNS.C12H15NS/c1-10-5-6-12-11(9-10)7-8-15(13(12)16)14(2,3)4;1-8-11-9(5-6-15-11)10(13)7-14(8)12(2,3)4;1-9-11-10(6-8-14-11)5-7-13(9)12(2,3)4/h5-9H,1-4H3;5-7H,1H2,2-4H3;5-8H,1H2,2-4H3. The second-order valence-electron chi connectivity index (χ2n) is 14.4. The number of rotatable bonds is 0. The van der Waals surface area contributed by atoms with Gasteiger partial charge in [-0.05, 0) is 115 Å². The van der Waals surface area contributed by atoms with Crippen molar-refractivity contribution in [1.29, 1.82) is 0 Å². The molecule has 3 aromatic heterocycles. The van der Waals surface area contributed by atoms with Gasteiger partial charge in [0.25, 0.3) is 0 Å². The number of benzene rings is 1. The van der Waals surface area contributed by atoms with Crippen molar-refractivity contribution in [1.82, 2.24) is 14.4 Å². The molecule has 0 fully saturated rings. The molecule has 7 heteroatoms. The summed E-state index contributed by atoms with van der Waals surface area (Å²) in [5, 5.41) is 6.41. The average molecular weight is 660 g/mol. The van der Waals surface area contributed by atoms with E-state index in [2.05, 4.69) is 125 Å². The molecule has 5 heterocycles. The highest BCUT2D eigenvalue weighted by Gasteiger charge is 2.29. The Morgan fingerprint density at radius 3 is 1.98 bits per heavy atom. The maximum atomic E-state index is 13.7. The van der Waals surface area contributed by atoms with Gasteiger partial charge in [0.2, 0.25) is 0 Å². The smallest absolute Gasteiger partial charge is 0.148 e. The number of hydrogen-bond donors (Lipinski definition) is 0. The van der Waals surface area contributed by atoms with Crippen LogP contribution in [0, 0.1) is 11.6 Å². The first kappa shape index (κ1) is 34.6. The van der Waals surface area contributed by atoms with Gasteiger partial charge in [-0.2, -0.15) is 0 Å². The zero-order chi connectivity index (χ0) is 33.5. The molecule has 238 valence electrons. The highest BCUT2D eigenvalue weighted by Crippen LogP contribution is 2.40. The van der Waals surface area contributed by atoms with Crippen LogP contribution in [0.2, 0.25) is 0 Å². The Kier molecular flexibility index (Phi) is 9.89. The normalized spacial score (nSPS) is 14.7. The molecule has 0 bridgehead atoms. The molecule has 0 atom stereocenters. The van der Waals surface area contributed by atoms with Gasteiger partial charge in [-0.25, -0.2) is 4.39 Å². The Balaban J connectivity index is 0.000000154. The van der Waals surface area contributed by atoms with Crippen LogP contribution in [-0.4, -0.2) is 25.4 Å². The summed E-state index contributed by atoms with van der Waals surface area (Å²) < 4.78 is 16.8. The summed E-state index contributed by atoms with van der Waals surface area (Å²) in [5.41, 5.74) is 5.24. The molecule has 0 aliphatic carbocycles. The van der Waals surface area contributed by atoms with Crippen LogP contribution < -0.4 is 0 Å². The van der Waals surface area contributed by atoms with E-state index in [1.807, 2.05) is 31.1 Å². The van der Waals surface area contributed by atoms with Gasteiger partial charge in [0.05, 0.1) is 21.1 Å². The van der Waals surface area contributed by atoms with Crippen LogP contribution in [0.1, 0.15) is 88.8 Å². The van der Waals surface area contributed by atoms with E-state index in [1.54, 1.807) is 17.4 Å². The van der Waals surface area contributed by atoms with Crippen molar-refractivity contribution in [3.8, 4) is 0 Å². The molecule has 2 aliphatic rings. The first-order valence-electron chi connectivity index (χ1n) is 15.1. The molecule has 1 aromatic carbocycles. The third kappa shape index (κ3) is 7.59. The lowest BCUT2D eigenvalue weighted by Crippen LogP contribution is -2.36. The van der Waals surface area contributed by atoms with Crippen molar-refractivity contribution >= 4 is 69.0 Å². The van der Waals surface area contributed by atoms with Crippen molar-refractivity contribution in [2.75, 3.05) is 0 Å². The van der Waals surface area contributed by atoms with E-state index in [0.29, 0.717) is 5.56 Å². The lowest BCUT2D eigenvalue weighted by atomic mass is 10.0.